The van der Waals surface area contributed by atoms with Crippen LogP contribution >= 0.6 is 7.82 Å². The highest BCUT2D eigenvalue weighted by Gasteiger charge is 2.27. The van der Waals surface area contributed by atoms with Gasteiger partial charge in [-0.05, 0) is 12.0 Å². The molecule has 0 spiro atoms. The minimum atomic E-state index is -4.17. The van der Waals surface area contributed by atoms with Gasteiger partial charge in [0.05, 0.1) is 27.7 Å². The highest BCUT2D eigenvalue weighted by Crippen LogP contribution is 2.44. The van der Waals surface area contributed by atoms with E-state index in [0.29, 0.717) is 30.7 Å². The fraction of sp³-hybridized carbons (Fsp3) is 0.818. The van der Waals surface area contributed by atoms with Gasteiger partial charge in [0.1, 0.15) is 19.3 Å². The smallest absolute Gasteiger partial charge is 0.379 e. The summed E-state index contributed by atoms with van der Waals surface area (Å²) < 4.78 is 29.8. The van der Waals surface area contributed by atoms with Crippen LogP contribution in [0.15, 0.2) is 30.3 Å². The molecule has 41 heavy (non-hydrogen) atoms. The minimum Gasteiger partial charge on any atom is -0.379 e. The number of nitrogens with one attached hydrogen (secondary N) is 1. The Morgan fingerprint density at radius 3 is 1.80 bits per heavy atom. The number of hydrogen-bond acceptors (Lipinski definition) is 5. The number of ether oxygens (including phenoxy) is 1. The Hall–Kier alpha value is -0.790. The molecule has 0 bridgehead atoms. The summed E-state index contributed by atoms with van der Waals surface area (Å²) in [5, 5.41) is 3.32. The molecule has 1 rings (SSSR count). The number of unbranched alkanes of at least 4 members (excludes halogenated alkanes) is 15. The van der Waals surface area contributed by atoms with Crippen LogP contribution in [0.5, 0.6) is 0 Å². The molecule has 2 unspecified atom stereocenters. The molecule has 7 nitrogen and oxygen atoms in total. The molecule has 2 N–H and O–H groups in total. The van der Waals surface area contributed by atoms with E-state index in [1.165, 1.54) is 89.9 Å². The fourth-order valence-corrected chi connectivity index (χ4v) is 5.60. The molecule has 240 valence electrons. The van der Waals surface area contributed by atoms with Crippen LogP contribution < -0.4 is 5.32 Å². The third-order valence-corrected chi connectivity index (χ3v) is 8.36. The van der Waals surface area contributed by atoms with Crippen molar-refractivity contribution in [3.8, 4) is 0 Å². The SMILES string of the molecule is CCCCCCCCCCCCCCCCCCOCC(CNCc1ccccc1)OP(=O)(O)OCC[N+](C)(C)C. The first-order valence-electron chi connectivity index (χ1n) is 16.5. The molecule has 1 aromatic carbocycles. The average molecular weight is 600 g/mol. The maximum atomic E-state index is 12.6. The zero-order valence-electron chi connectivity index (χ0n) is 27.0. The standard InChI is InChI=1S/C33H63N2O5P/c1-5-6-7-8-9-10-11-12-13-14-15-16-17-18-19-23-27-38-31-33(30-34-29-32-24-21-20-22-25-32)40-41(36,37)39-28-26-35(2,3)4/h20-22,24-25,33-34H,5-19,23,26-31H2,1-4H3/p+1. The number of nitrogens with zero attached hydrogens (tertiary/aromatic N) is 1. The molecular formula is C33H64N2O5P+. The zero-order valence-corrected chi connectivity index (χ0v) is 27.9. The van der Waals surface area contributed by atoms with Gasteiger partial charge in [0.25, 0.3) is 0 Å². The van der Waals surface area contributed by atoms with Gasteiger partial charge in [0.2, 0.25) is 0 Å². The molecule has 0 heterocycles. The molecule has 0 amide bonds. The monoisotopic (exact) mass is 599 g/mol. The Balaban J connectivity index is 2.15. The third-order valence-electron chi connectivity index (χ3n) is 7.29. The molecule has 1 aromatic rings. The van der Waals surface area contributed by atoms with Crippen LogP contribution in [-0.2, 0) is 24.9 Å². The van der Waals surface area contributed by atoms with Crippen molar-refractivity contribution in [3.05, 3.63) is 35.9 Å². The predicted octanol–water partition coefficient (Wildman–Crippen LogP) is 8.26. The minimum absolute atomic E-state index is 0.154. The number of benzene rings is 1. The average Bonchev–Trinajstić information content (AvgIpc) is 2.91. The summed E-state index contributed by atoms with van der Waals surface area (Å²) in [6.45, 7) is 4.98. The molecule has 2 atom stereocenters. The molecule has 0 aliphatic rings. The maximum absolute atomic E-state index is 12.6. The van der Waals surface area contributed by atoms with Gasteiger partial charge in [-0.25, -0.2) is 4.57 Å². The fourth-order valence-electron chi connectivity index (χ4n) is 4.72. The molecule has 0 radical (unpaired) electrons. The van der Waals surface area contributed by atoms with E-state index in [1.807, 2.05) is 51.5 Å². The zero-order chi connectivity index (χ0) is 30.1. The number of phosphoric ester groups is 1. The lowest BCUT2D eigenvalue weighted by Crippen LogP contribution is -2.37. The van der Waals surface area contributed by atoms with E-state index in [1.54, 1.807) is 0 Å². The van der Waals surface area contributed by atoms with Crippen molar-refractivity contribution in [2.45, 2.75) is 122 Å². The molecular weight excluding hydrogens is 535 g/mol. The lowest BCUT2D eigenvalue weighted by atomic mass is 10.0. The van der Waals surface area contributed by atoms with Crippen LogP contribution in [0.4, 0.5) is 0 Å². The topological polar surface area (TPSA) is 77.0 Å². The lowest BCUT2D eigenvalue weighted by Gasteiger charge is -2.25. The summed E-state index contributed by atoms with van der Waals surface area (Å²) in [6, 6.07) is 10.1. The van der Waals surface area contributed by atoms with E-state index >= 15 is 0 Å². The second-order valence-electron chi connectivity index (χ2n) is 12.5. The molecule has 0 aromatic heterocycles. The van der Waals surface area contributed by atoms with Crippen LogP contribution in [0.3, 0.4) is 0 Å². The van der Waals surface area contributed by atoms with Gasteiger partial charge in [0.15, 0.2) is 0 Å². The first kappa shape index (κ1) is 38.2. The second-order valence-corrected chi connectivity index (χ2v) is 13.9. The first-order chi connectivity index (χ1) is 19.7. The van der Waals surface area contributed by atoms with Crippen LogP contribution in [-0.4, -0.2) is 69.5 Å². The predicted molar refractivity (Wildman–Crippen MR) is 172 cm³/mol. The highest BCUT2D eigenvalue weighted by atomic mass is 31.2. The molecule has 8 heteroatoms. The largest absolute Gasteiger partial charge is 0.472 e. The Labute approximate surface area is 252 Å². The summed E-state index contributed by atoms with van der Waals surface area (Å²) in [6.07, 6.45) is 20.9. The number of rotatable bonds is 29. The Kier molecular flexibility index (Phi) is 23.0. The van der Waals surface area contributed by atoms with Crippen molar-refractivity contribution in [1.82, 2.24) is 5.32 Å². The van der Waals surface area contributed by atoms with Gasteiger partial charge < -0.3 is 19.4 Å². The van der Waals surface area contributed by atoms with Crippen LogP contribution in [0.2, 0.25) is 0 Å². The van der Waals surface area contributed by atoms with Crippen molar-refractivity contribution in [2.24, 2.45) is 0 Å². The third kappa shape index (κ3) is 25.4. The Morgan fingerprint density at radius 1 is 0.780 bits per heavy atom. The van der Waals surface area contributed by atoms with Crippen molar-refractivity contribution < 1.29 is 27.7 Å². The second kappa shape index (κ2) is 24.6. The normalized spacial score (nSPS) is 14.3. The number of phosphoric acid groups is 1. The Bertz CT molecular complexity index is 760. The molecule has 0 saturated heterocycles. The molecule has 0 saturated carbocycles. The van der Waals surface area contributed by atoms with Gasteiger partial charge >= 0.3 is 7.82 Å². The van der Waals surface area contributed by atoms with E-state index in [-0.39, 0.29) is 13.2 Å². The Morgan fingerprint density at radius 2 is 1.29 bits per heavy atom. The van der Waals surface area contributed by atoms with E-state index in [0.717, 1.165) is 18.4 Å². The molecule has 0 fully saturated rings. The van der Waals surface area contributed by atoms with Crippen molar-refractivity contribution in [1.29, 1.82) is 0 Å². The van der Waals surface area contributed by atoms with Crippen molar-refractivity contribution in [2.75, 3.05) is 54.1 Å². The van der Waals surface area contributed by atoms with Gasteiger partial charge in [-0.1, -0.05) is 134 Å². The summed E-state index contributed by atoms with van der Waals surface area (Å²) in [4.78, 5) is 10.3. The van der Waals surface area contributed by atoms with Gasteiger partial charge in [-0.3, -0.25) is 9.05 Å². The first-order valence-corrected chi connectivity index (χ1v) is 18.0. The molecule has 0 aliphatic heterocycles. The quantitative estimate of drug-likeness (QED) is 0.0548. The van der Waals surface area contributed by atoms with E-state index in [9.17, 15) is 9.46 Å². The summed E-state index contributed by atoms with van der Waals surface area (Å²) in [7, 11) is 1.86. The van der Waals surface area contributed by atoms with Crippen LogP contribution in [0.1, 0.15) is 115 Å². The van der Waals surface area contributed by atoms with Crippen LogP contribution in [0, 0.1) is 0 Å². The number of hydrogen-bond donors (Lipinski definition) is 2. The van der Waals surface area contributed by atoms with Crippen molar-refractivity contribution in [3.63, 3.8) is 0 Å². The van der Waals surface area contributed by atoms with E-state index in [4.69, 9.17) is 13.8 Å². The maximum Gasteiger partial charge on any atom is 0.472 e. The van der Waals surface area contributed by atoms with Gasteiger partial charge in [-0.2, -0.15) is 0 Å². The lowest BCUT2D eigenvalue weighted by molar-refractivity contribution is -0.870. The van der Waals surface area contributed by atoms with Crippen LogP contribution in [0.25, 0.3) is 0 Å². The van der Waals surface area contributed by atoms with Crippen molar-refractivity contribution >= 4 is 7.82 Å². The van der Waals surface area contributed by atoms with E-state index < -0.39 is 13.9 Å². The summed E-state index contributed by atoms with van der Waals surface area (Å²) >= 11 is 0. The van der Waals surface area contributed by atoms with Gasteiger partial charge in [0, 0.05) is 19.7 Å². The number of quaternary nitrogens is 1. The summed E-state index contributed by atoms with van der Waals surface area (Å²) in [5.74, 6) is 0. The molecule has 0 aliphatic carbocycles. The summed E-state index contributed by atoms with van der Waals surface area (Å²) in [5.41, 5.74) is 1.15. The highest BCUT2D eigenvalue weighted by molar-refractivity contribution is 7.47. The van der Waals surface area contributed by atoms with Gasteiger partial charge in [-0.15, -0.1) is 0 Å². The van der Waals surface area contributed by atoms with E-state index in [2.05, 4.69) is 12.2 Å². The number of likely N-dealkylation sites (N-methyl/N-ethyl adjacent to an activating group) is 1.